The Bertz CT molecular complexity index is 1110. The molecule has 4 rings (SSSR count). The van der Waals surface area contributed by atoms with E-state index in [2.05, 4.69) is 5.32 Å². The predicted octanol–water partition coefficient (Wildman–Crippen LogP) is 5.05. The number of ether oxygens (including phenoxy) is 2. The lowest BCUT2D eigenvalue weighted by molar-refractivity contribution is -0.115. The summed E-state index contributed by atoms with van der Waals surface area (Å²) in [6.07, 6.45) is 0.566. The van der Waals surface area contributed by atoms with Crippen molar-refractivity contribution >= 4 is 36.7 Å². The zero-order chi connectivity index (χ0) is 24.3. The van der Waals surface area contributed by atoms with Crippen molar-refractivity contribution in [1.82, 2.24) is 0 Å². The number of carbonyl (C=O) groups is 2. The van der Waals surface area contributed by atoms with Crippen LogP contribution in [-0.2, 0) is 31.0 Å². The zero-order valence-corrected chi connectivity index (χ0v) is 21.1. The minimum atomic E-state index is -3.20. The summed E-state index contributed by atoms with van der Waals surface area (Å²) in [6.45, 7) is 6.10. The number of nitrogens with one attached hydrogen (secondary N) is 1. The smallest absolute Gasteiger partial charge is 0.335 e. The van der Waals surface area contributed by atoms with E-state index in [1.165, 1.54) is 11.8 Å². The molecule has 0 saturated heterocycles. The van der Waals surface area contributed by atoms with Gasteiger partial charge in [0.1, 0.15) is 0 Å². The van der Waals surface area contributed by atoms with E-state index in [4.69, 9.17) is 18.5 Å². The normalized spacial score (nSPS) is 19.4. The molecule has 2 atom stereocenters. The second kappa shape index (κ2) is 10.5. The standard InChI is InChI=1S/C24H28NO7PS/c1-4-31-33(28,32-5-2)13-16-6-8-18(9-7-16)25-24(27)22-11-17-10-20-21(30-14-29-20)12-19(17)23(26)15(3)34-22/h6-10,12,15,22H,4-5,11,13-14H2,1-3H3,(H,25,27)/t15-,22+/m0/s1. The lowest BCUT2D eigenvalue weighted by atomic mass is 9.97. The number of fused-ring (bicyclic) bond motifs is 2. The van der Waals surface area contributed by atoms with Gasteiger partial charge in [0.25, 0.3) is 0 Å². The summed E-state index contributed by atoms with van der Waals surface area (Å²) in [5.41, 5.74) is 2.77. The fraction of sp³-hybridized carbons (Fsp3) is 0.417. The molecule has 0 spiro atoms. The summed E-state index contributed by atoms with van der Waals surface area (Å²) in [5.74, 6) is 0.950. The van der Waals surface area contributed by atoms with E-state index in [9.17, 15) is 14.2 Å². The molecular formula is C24H28NO7PS. The number of carbonyl (C=O) groups excluding carboxylic acids is 2. The van der Waals surface area contributed by atoms with Crippen LogP contribution in [0.2, 0.25) is 0 Å². The summed E-state index contributed by atoms with van der Waals surface area (Å²) in [6, 6.07) is 10.6. The molecule has 2 aromatic carbocycles. The Kier molecular flexibility index (Phi) is 7.67. The average molecular weight is 506 g/mol. The third-order valence-corrected chi connectivity index (χ3v) is 8.94. The first-order chi connectivity index (χ1) is 16.3. The van der Waals surface area contributed by atoms with E-state index >= 15 is 0 Å². The van der Waals surface area contributed by atoms with Crippen LogP contribution in [0.1, 0.15) is 42.3 Å². The number of Topliss-reactive ketones (excluding diaryl/α,β-unsaturated/α-hetero) is 1. The lowest BCUT2D eigenvalue weighted by Gasteiger charge is -2.18. The fourth-order valence-corrected chi connectivity index (χ4v) is 6.88. The molecule has 10 heteroatoms. The van der Waals surface area contributed by atoms with Crippen LogP contribution in [0.3, 0.4) is 0 Å². The molecule has 1 N–H and O–H groups in total. The van der Waals surface area contributed by atoms with Gasteiger partial charge >= 0.3 is 7.60 Å². The first-order valence-corrected chi connectivity index (χ1v) is 13.9. The van der Waals surface area contributed by atoms with Crippen molar-refractivity contribution in [2.24, 2.45) is 0 Å². The maximum atomic E-state index is 13.1. The van der Waals surface area contributed by atoms with Crippen LogP contribution in [0.4, 0.5) is 5.69 Å². The van der Waals surface area contributed by atoms with Crippen LogP contribution in [0.15, 0.2) is 36.4 Å². The lowest BCUT2D eigenvalue weighted by Crippen LogP contribution is -2.28. The number of amides is 1. The summed E-state index contributed by atoms with van der Waals surface area (Å²) in [7, 11) is -3.20. The van der Waals surface area contributed by atoms with Gasteiger partial charge in [0.05, 0.1) is 29.9 Å². The second-order valence-corrected chi connectivity index (χ2v) is 11.6. The van der Waals surface area contributed by atoms with Crippen molar-refractivity contribution in [3.8, 4) is 11.5 Å². The van der Waals surface area contributed by atoms with E-state index in [0.29, 0.717) is 42.4 Å². The Morgan fingerprint density at radius 1 is 1.12 bits per heavy atom. The Hall–Kier alpha value is -2.32. The molecule has 2 aromatic rings. The number of benzene rings is 2. The molecule has 34 heavy (non-hydrogen) atoms. The Morgan fingerprint density at radius 3 is 2.41 bits per heavy atom. The van der Waals surface area contributed by atoms with Gasteiger partial charge in [-0.15, -0.1) is 11.8 Å². The van der Waals surface area contributed by atoms with Gasteiger partial charge in [0.15, 0.2) is 17.3 Å². The first kappa shape index (κ1) is 24.8. The molecule has 2 aliphatic rings. The molecule has 0 bridgehead atoms. The Morgan fingerprint density at radius 2 is 1.76 bits per heavy atom. The van der Waals surface area contributed by atoms with Gasteiger partial charge in [0.2, 0.25) is 12.7 Å². The minimum absolute atomic E-state index is 0.0222. The van der Waals surface area contributed by atoms with Gasteiger partial charge in [-0.1, -0.05) is 12.1 Å². The molecule has 2 heterocycles. The van der Waals surface area contributed by atoms with Crippen molar-refractivity contribution in [3.63, 3.8) is 0 Å². The van der Waals surface area contributed by atoms with E-state index in [1.54, 1.807) is 50.2 Å². The maximum absolute atomic E-state index is 13.1. The molecule has 1 amide bonds. The van der Waals surface area contributed by atoms with E-state index < -0.39 is 12.8 Å². The molecule has 0 saturated carbocycles. The summed E-state index contributed by atoms with van der Waals surface area (Å²) in [4.78, 5) is 26.0. The number of thioether (sulfide) groups is 1. The minimum Gasteiger partial charge on any atom is -0.454 e. The first-order valence-electron chi connectivity index (χ1n) is 11.2. The summed E-state index contributed by atoms with van der Waals surface area (Å²) >= 11 is 1.35. The molecule has 182 valence electrons. The van der Waals surface area contributed by atoms with E-state index in [1.807, 2.05) is 6.92 Å². The third kappa shape index (κ3) is 5.49. The van der Waals surface area contributed by atoms with Crippen molar-refractivity contribution in [2.45, 2.75) is 43.9 Å². The predicted molar refractivity (Wildman–Crippen MR) is 131 cm³/mol. The highest BCUT2D eigenvalue weighted by molar-refractivity contribution is 8.02. The van der Waals surface area contributed by atoms with Crippen LogP contribution < -0.4 is 14.8 Å². The molecule has 0 fully saturated rings. The van der Waals surface area contributed by atoms with Gasteiger partial charge < -0.3 is 23.8 Å². The van der Waals surface area contributed by atoms with Gasteiger partial charge in [-0.2, -0.15) is 0 Å². The molecule has 8 nitrogen and oxygen atoms in total. The highest BCUT2D eigenvalue weighted by Gasteiger charge is 2.34. The maximum Gasteiger partial charge on any atom is 0.335 e. The van der Waals surface area contributed by atoms with Crippen LogP contribution in [-0.4, -0.2) is 42.2 Å². The highest BCUT2D eigenvalue weighted by atomic mass is 32.2. The van der Waals surface area contributed by atoms with Gasteiger partial charge in [-0.3, -0.25) is 14.2 Å². The van der Waals surface area contributed by atoms with Crippen molar-refractivity contribution in [3.05, 3.63) is 53.1 Å². The van der Waals surface area contributed by atoms with Crippen LogP contribution in [0.25, 0.3) is 0 Å². The number of hydrogen-bond acceptors (Lipinski definition) is 8. The summed E-state index contributed by atoms with van der Waals surface area (Å²) in [5, 5.41) is 2.12. The molecule has 0 radical (unpaired) electrons. The van der Waals surface area contributed by atoms with E-state index in [-0.39, 0.29) is 29.9 Å². The molecule has 2 aliphatic heterocycles. The largest absolute Gasteiger partial charge is 0.454 e. The topological polar surface area (TPSA) is 100 Å². The fourth-order valence-electron chi connectivity index (χ4n) is 3.97. The quantitative estimate of drug-likeness (QED) is 0.498. The molecule has 0 aliphatic carbocycles. The molecule has 0 aromatic heterocycles. The van der Waals surface area contributed by atoms with Crippen molar-refractivity contribution in [2.75, 3.05) is 25.3 Å². The third-order valence-electron chi connectivity index (χ3n) is 5.55. The van der Waals surface area contributed by atoms with Crippen molar-refractivity contribution in [1.29, 1.82) is 0 Å². The average Bonchev–Trinajstić information content (AvgIpc) is 3.21. The van der Waals surface area contributed by atoms with Crippen LogP contribution in [0, 0.1) is 0 Å². The van der Waals surface area contributed by atoms with Crippen LogP contribution in [0.5, 0.6) is 11.5 Å². The number of hydrogen-bond donors (Lipinski definition) is 1. The number of anilines is 1. The number of ketones is 1. The van der Waals surface area contributed by atoms with Gasteiger partial charge in [-0.25, -0.2) is 0 Å². The highest BCUT2D eigenvalue weighted by Crippen LogP contribution is 2.51. The Labute approximate surface area is 203 Å². The second-order valence-electron chi connectivity index (χ2n) is 7.99. The monoisotopic (exact) mass is 505 g/mol. The van der Waals surface area contributed by atoms with Crippen LogP contribution >= 0.6 is 19.4 Å². The number of rotatable bonds is 8. The molecular weight excluding hydrogens is 477 g/mol. The summed E-state index contributed by atoms with van der Waals surface area (Å²) < 4.78 is 34.3. The van der Waals surface area contributed by atoms with Gasteiger partial charge in [0, 0.05) is 11.3 Å². The van der Waals surface area contributed by atoms with Gasteiger partial charge in [-0.05, 0) is 62.6 Å². The SMILES string of the molecule is CCOP(=O)(Cc1ccc(NC(=O)[C@H]2Cc3cc4c(cc3C(=O)[C@H](C)S2)OCO4)cc1)OCC. The van der Waals surface area contributed by atoms with E-state index in [0.717, 1.165) is 11.1 Å². The zero-order valence-electron chi connectivity index (χ0n) is 19.4. The molecule has 0 unspecified atom stereocenters. The van der Waals surface area contributed by atoms with Crippen molar-refractivity contribution < 1.29 is 32.7 Å². The Balaban J connectivity index is 1.46.